The van der Waals surface area contributed by atoms with E-state index in [4.69, 9.17) is 9.47 Å². The van der Waals surface area contributed by atoms with Gasteiger partial charge in [-0.3, -0.25) is 4.79 Å². The van der Waals surface area contributed by atoms with Gasteiger partial charge >= 0.3 is 5.97 Å². The van der Waals surface area contributed by atoms with Crippen LogP contribution in [0.25, 0.3) is 0 Å². The van der Waals surface area contributed by atoms with E-state index in [0.29, 0.717) is 27.9 Å². The summed E-state index contributed by atoms with van der Waals surface area (Å²) in [7, 11) is 1.60. The molecule has 0 radical (unpaired) electrons. The Morgan fingerprint density at radius 1 is 1.27 bits per heavy atom. The molecule has 2 aliphatic rings. The van der Waals surface area contributed by atoms with Crippen LogP contribution in [0, 0.1) is 17.8 Å². The Morgan fingerprint density at radius 3 is 2.79 bits per heavy atom. The molecule has 33 heavy (non-hydrogen) atoms. The standard InChI is InChI=1S/C26H38O6S/c1-3-5-17(26(29)30)8-10-21-11-13-23-22(24(28)15-25(23)33-21)12-9-18(27)16-32-20-7-4-6-19(14-20)31-2/h4,6-7,9,12,14,17-18,21-25,27-28H,3,5,8,10-11,13,15-16H2,1-2H3,(H,29,30)/b12-9+/t17?,18-,21+,22-,23-,24-,25+/m1/s1. The van der Waals surface area contributed by atoms with E-state index in [2.05, 4.69) is 0 Å². The molecule has 1 aromatic rings. The lowest BCUT2D eigenvalue weighted by Gasteiger charge is -2.33. The second-order valence-corrected chi connectivity index (χ2v) is 10.8. The zero-order chi connectivity index (χ0) is 23.8. The molecule has 0 aromatic heterocycles. The third-order valence-electron chi connectivity index (χ3n) is 6.92. The average molecular weight is 479 g/mol. The zero-order valence-corrected chi connectivity index (χ0v) is 20.5. The summed E-state index contributed by atoms with van der Waals surface area (Å²) in [5, 5.41) is 31.3. The van der Waals surface area contributed by atoms with E-state index in [9.17, 15) is 20.1 Å². The number of carboxylic acid groups (broad SMARTS) is 1. The Bertz CT molecular complexity index is 784. The van der Waals surface area contributed by atoms with Crippen molar-refractivity contribution in [2.24, 2.45) is 17.8 Å². The van der Waals surface area contributed by atoms with Gasteiger partial charge in [-0.25, -0.2) is 0 Å². The van der Waals surface area contributed by atoms with Crippen LogP contribution in [0.2, 0.25) is 0 Å². The second-order valence-electron chi connectivity index (χ2n) is 9.26. The summed E-state index contributed by atoms with van der Waals surface area (Å²) in [6.07, 6.45) is 8.73. The Labute approximate surface area is 201 Å². The molecule has 1 saturated heterocycles. The molecular formula is C26H38O6S. The summed E-state index contributed by atoms with van der Waals surface area (Å²) in [6, 6.07) is 7.27. The first-order valence-corrected chi connectivity index (χ1v) is 13.0. The lowest BCUT2D eigenvalue weighted by Crippen LogP contribution is -2.27. The predicted molar refractivity (Wildman–Crippen MR) is 131 cm³/mol. The molecule has 1 aromatic carbocycles. The minimum Gasteiger partial charge on any atom is -0.497 e. The Balaban J connectivity index is 1.47. The maximum atomic E-state index is 11.4. The van der Waals surface area contributed by atoms with E-state index in [-0.39, 0.29) is 18.4 Å². The number of rotatable bonds is 12. The number of ether oxygens (including phenoxy) is 2. The fourth-order valence-electron chi connectivity index (χ4n) is 5.13. The van der Waals surface area contributed by atoms with Crippen molar-refractivity contribution in [2.45, 2.75) is 74.6 Å². The van der Waals surface area contributed by atoms with Gasteiger partial charge in [-0.2, -0.15) is 11.8 Å². The van der Waals surface area contributed by atoms with Crippen molar-refractivity contribution in [1.82, 2.24) is 0 Å². The van der Waals surface area contributed by atoms with Gasteiger partial charge in [0.15, 0.2) is 0 Å². The quantitative estimate of drug-likeness (QED) is 0.380. The number of hydrogen-bond donors (Lipinski definition) is 3. The number of carboxylic acids is 1. The minimum atomic E-state index is -0.752. The third-order valence-corrected chi connectivity index (χ3v) is 8.67. The molecule has 0 spiro atoms. The lowest BCUT2D eigenvalue weighted by molar-refractivity contribution is -0.142. The normalized spacial score (nSPS) is 28.9. The van der Waals surface area contributed by atoms with Crippen molar-refractivity contribution >= 4 is 17.7 Å². The summed E-state index contributed by atoms with van der Waals surface area (Å²) in [4.78, 5) is 11.4. The Hall–Kier alpha value is -1.70. The molecule has 0 amide bonds. The van der Waals surface area contributed by atoms with Crippen LogP contribution in [0.4, 0.5) is 0 Å². The SMILES string of the molecule is CCCC(CC[C@H]1CC[C@@H]2[C@@H](/C=C/[C@@H](O)COc3cccc(OC)c3)[C@H](O)C[C@@H]2S1)C(=O)O. The highest BCUT2D eigenvalue weighted by atomic mass is 32.2. The summed E-state index contributed by atoms with van der Waals surface area (Å²) in [6.45, 7) is 2.17. The number of aliphatic carboxylic acids is 1. The van der Waals surface area contributed by atoms with Crippen molar-refractivity contribution in [1.29, 1.82) is 0 Å². The highest BCUT2D eigenvalue weighted by molar-refractivity contribution is 8.00. The zero-order valence-electron chi connectivity index (χ0n) is 19.6. The molecule has 1 saturated carbocycles. The van der Waals surface area contributed by atoms with Gasteiger partial charge in [0.25, 0.3) is 0 Å². The highest BCUT2D eigenvalue weighted by Crippen LogP contribution is 2.50. The number of fused-ring (bicyclic) bond motifs is 1. The molecule has 3 N–H and O–H groups in total. The van der Waals surface area contributed by atoms with Gasteiger partial charge in [0.2, 0.25) is 0 Å². The molecule has 7 atom stereocenters. The van der Waals surface area contributed by atoms with Gasteiger partial charge in [0, 0.05) is 22.5 Å². The number of carbonyl (C=O) groups is 1. The van der Waals surface area contributed by atoms with Crippen LogP contribution in [0.1, 0.15) is 51.9 Å². The summed E-state index contributed by atoms with van der Waals surface area (Å²) in [5.74, 6) is 0.873. The van der Waals surface area contributed by atoms with Crippen molar-refractivity contribution in [2.75, 3.05) is 13.7 Å². The van der Waals surface area contributed by atoms with Gasteiger partial charge in [-0.05, 0) is 56.6 Å². The van der Waals surface area contributed by atoms with Gasteiger partial charge in [0.05, 0.1) is 19.1 Å². The predicted octanol–water partition coefficient (Wildman–Crippen LogP) is 4.53. The third kappa shape index (κ3) is 7.39. The van der Waals surface area contributed by atoms with Crippen LogP contribution in [0.3, 0.4) is 0 Å². The largest absolute Gasteiger partial charge is 0.497 e. The van der Waals surface area contributed by atoms with Gasteiger partial charge in [-0.15, -0.1) is 0 Å². The summed E-state index contributed by atoms with van der Waals surface area (Å²) < 4.78 is 10.8. The van der Waals surface area contributed by atoms with Crippen molar-refractivity contribution in [3.63, 3.8) is 0 Å². The lowest BCUT2D eigenvalue weighted by atomic mass is 9.87. The number of aliphatic hydroxyl groups is 2. The number of benzene rings is 1. The Morgan fingerprint density at radius 2 is 2.06 bits per heavy atom. The number of aliphatic hydroxyl groups excluding tert-OH is 2. The highest BCUT2D eigenvalue weighted by Gasteiger charge is 2.44. The molecule has 184 valence electrons. The van der Waals surface area contributed by atoms with Crippen LogP contribution in [-0.2, 0) is 4.79 Å². The minimum absolute atomic E-state index is 0.0433. The fraction of sp³-hybridized carbons (Fsp3) is 0.654. The smallest absolute Gasteiger partial charge is 0.306 e. The maximum Gasteiger partial charge on any atom is 0.306 e. The molecule has 1 unspecified atom stereocenters. The van der Waals surface area contributed by atoms with Crippen LogP contribution < -0.4 is 9.47 Å². The monoisotopic (exact) mass is 478 g/mol. The maximum absolute atomic E-state index is 11.4. The molecule has 1 aliphatic carbocycles. The van der Waals surface area contributed by atoms with Crippen LogP contribution >= 0.6 is 11.8 Å². The van der Waals surface area contributed by atoms with Gasteiger partial charge < -0.3 is 24.8 Å². The van der Waals surface area contributed by atoms with E-state index < -0.39 is 18.2 Å². The van der Waals surface area contributed by atoms with E-state index >= 15 is 0 Å². The molecule has 3 rings (SSSR count). The van der Waals surface area contributed by atoms with Crippen LogP contribution in [0.5, 0.6) is 11.5 Å². The van der Waals surface area contributed by atoms with Crippen LogP contribution in [0.15, 0.2) is 36.4 Å². The number of hydrogen-bond acceptors (Lipinski definition) is 6. The second kappa shape index (κ2) is 12.7. The molecule has 1 heterocycles. The number of thioether (sulfide) groups is 1. The van der Waals surface area contributed by atoms with E-state index in [1.807, 2.05) is 43.0 Å². The summed E-state index contributed by atoms with van der Waals surface area (Å²) >= 11 is 1.94. The number of methoxy groups -OCH3 is 1. The molecule has 7 heteroatoms. The van der Waals surface area contributed by atoms with Crippen molar-refractivity contribution < 1.29 is 29.6 Å². The van der Waals surface area contributed by atoms with E-state index in [0.717, 1.165) is 44.9 Å². The van der Waals surface area contributed by atoms with Gasteiger partial charge in [-0.1, -0.05) is 31.6 Å². The van der Waals surface area contributed by atoms with Crippen molar-refractivity contribution in [3.05, 3.63) is 36.4 Å². The first kappa shape index (κ1) is 25.9. The molecule has 0 bridgehead atoms. The topological polar surface area (TPSA) is 96.2 Å². The average Bonchev–Trinajstić information content (AvgIpc) is 3.12. The molecule has 6 nitrogen and oxygen atoms in total. The Kier molecular flexibility index (Phi) is 9.95. The molecule has 2 fully saturated rings. The fourth-order valence-corrected chi connectivity index (χ4v) is 6.99. The molecule has 1 aliphatic heterocycles. The van der Waals surface area contributed by atoms with E-state index in [1.54, 1.807) is 19.3 Å². The first-order valence-electron chi connectivity index (χ1n) is 12.1. The molecular weight excluding hydrogens is 440 g/mol. The van der Waals surface area contributed by atoms with Gasteiger partial charge in [0.1, 0.15) is 24.2 Å². The van der Waals surface area contributed by atoms with E-state index in [1.165, 1.54) is 0 Å². The van der Waals surface area contributed by atoms with Crippen LogP contribution in [-0.4, -0.2) is 57.7 Å². The summed E-state index contributed by atoms with van der Waals surface area (Å²) in [5.41, 5.74) is 0. The first-order chi connectivity index (χ1) is 15.9. The van der Waals surface area contributed by atoms with Crippen molar-refractivity contribution in [3.8, 4) is 11.5 Å².